The monoisotopic (exact) mass is 288 g/mol. The van der Waals surface area contributed by atoms with Gasteiger partial charge in [-0.2, -0.15) is 0 Å². The summed E-state index contributed by atoms with van der Waals surface area (Å²) in [5.74, 6) is 1.33. The standard InChI is InChI=1S/C19H32N2/c1-14(2)12-13-21(17-10-11-17)19(15(3)4)18(20)16-8-6-5-7-9-16/h5-9,14-15,17-19H,10-13,20H2,1-4H3. The van der Waals surface area contributed by atoms with Crippen LogP contribution in [0.15, 0.2) is 30.3 Å². The Bertz CT molecular complexity index is 409. The van der Waals surface area contributed by atoms with E-state index in [1.807, 2.05) is 0 Å². The Balaban J connectivity index is 2.15. The van der Waals surface area contributed by atoms with Crippen LogP contribution in [0, 0.1) is 11.8 Å². The van der Waals surface area contributed by atoms with Crippen molar-refractivity contribution in [2.24, 2.45) is 17.6 Å². The Hall–Kier alpha value is -0.860. The van der Waals surface area contributed by atoms with Gasteiger partial charge >= 0.3 is 0 Å². The van der Waals surface area contributed by atoms with E-state index in [4.69, 9.17) is 5.73 Å². The van der Waals surface area contributed by atoms with E-state index in [9.17, 15) is 0 Å². The molecule has 0 aliphatic heterocycles. The van der Waals surface area contributed by atoms with Crippen LogP contribution in [0.4, 0.5) is 0 Å². The van der Waals surface area contributed by atoms with Gasteiger partial charge in [-0.25, -0.2) is 0 Å². The Morgan fingerprint density at radius 1 is 1.10 bits per heavy atom. The first-order chi connectivity index (χ1) is 10.0. The van der Waals surface area contributed by atoms with Crippen LogP contribution in [0.25, 0.3) is 0 Å². The van der Waals surface area contributed by atoms with Crippen LogP contribution < -0.4 is 5.73 Å². The molecule has 2 nitrogen and oxygen atoms in total. The van der Waals surface area contributed by atoms with Gasteiger partial charge in [-0.15, -0.1) is 0 Å². The van der Waals surface area contributed by atoms with Gasteiger partial charge in [-0.3, -0.25) is 4.90 Å². The lowest BCUT2D eigenvalue weighted by molar-refractivity contribution is 0.115. The van der Waals surface area contributed by atoms with Crippen LogP contribution >= 0.6 is 0 Å². The van der Waals surface area contributed by atoms with Crippen LogP contribution in [0.1, 0.15) is 58.6 Å². The smallest absolute Gasteiger partial charge is 0.0455 e. The summed E-state index contributed by atoms with van der Waals surface area (Å²) in [5.41, 5.74) is 7.94. The first kappa shape index (κ1) is 16.5. The zero-order chi connectivity index (χ0) is 15.4. The third-order valence-corrected chi connectivity index (χ3v) is 4.60. The Morgan fingerprint density at radius 3 is 2.19 bits per heavy atom. The second-order valence-electron chi connectivity index (χ2n) is 7.32. The van der Waals surface area contributed by atoms with Gasteiger partial charge in [0.05, 0.1) is 0 Å². The molecule has 0 spiro atoms. The van der Waals surface area contributed by atoms with Gasteiger partial charge in [0.25, 0.3) is 0 Å². The molecule has 1 aliphatic rings. The summed E-state index contributed by atoms with van der Waals surface area (Å²) >= 11 is 0. The fourth-order valence-corrected chi connectivity index (χ4v) is 3.26. The molecule has 2 unspecified atom stereocenters. The second-order valence-corrected chi connectivity index (χ2v) is 7.32. The predicted molar refractivity (Wildman–Crippen MR) is 91.2 cm³/mol. The zero-order valence-corrected chi connectivity index (χ0v) is 14.1. The van der Waals surface area contributed by atoms with Crippen LogP contribution in [-0.4, -0.2) is 23.5 Å². The zero-order valence-electron chi connectivity index (χ0n) is 14.1. The third-order valence-electron chi connectivity index (χ3n) is 4.60. The van der Waals surface area contributed by atoms with Gasteiger partial charge in [0.15, 0.2) is 0 Å². The molecule has 0 bridgehead atoms. The average Bonchev–Trinajstić information content (AvgIpc) is 3.27. The van der Waals surface area contributed by atoms with E-state index in [0.717, 1.165) is 12.0 Å². The molecule has 1 fully saturated rings. The number of hydrogen-bond acceptors (Lipinski definition) is 2. The molecule has 1 aliphatic carbocycles. The van der Waals surface area contributed by atoms with Crippen molar-refractivity contribution >= 4 is 0 Å². The quantitative estimate of drug-likeness (QED) is 0.776. The normalized spacial score (nSPS) is 18.5. The Labute approximate surface area is 130 Å². The van der Waals surface area contributed by atoms with Crippen molar-refractivity contribution in [3.8, 4) is 0 Å². The number of benzene rings is 1. The third kappa shape index (κ3) is 4.55. The molecule has 21 heavy (non-hydrogen) atoms. The lowest BCUT2D eigenvalue weighted by Gasteiger charge is -2.39. The molecule has 1 saturated carbocycles. The minimum atomic E-state index is 0.110. The lowest BCUT2D eigenvalue weighted by Crippen LogP contribution is -2.48. The molecule has 2 rings (SSSR count). The number of nitrogens with zero attached hydrogens (tertiary/aromatic N) is 1. The molecular weight excluding hydrogens is 256 g/mol. The number of rotatable bonds is 8. The van der Waals surface area contributed by atoms with Gasteiger partial charge < -0.3 is 5.73 Å². The van der Waals surface area contributed by atoms with Crippen molar-refractivity contribution in [2.75, 3.05) is 6.54 Å². The number of nitrogens with two attached hydrogens (primary N) is 1. The molecule has 2 heteroatoms. The van der Waals surface area contributed by atoms with E-state index < -0.39 is 0 Å². The SMILES string of the molecule is CC(C)CCN(C1CC1)C(C(C)C)C(N)c1ccccc1. The van der Waals surface area contributed by atoms with Crippen molar-refractivity contribution in [1.82, 2.24) is 4.90 Å². The fourth-order valence-electron chi connectivity index (χ4n) is 3.26. The second kappa shape index (κ2) is 7.42. The highest BCUT2D eigenvalue weighted by atomic mass is 15.2. The summed E-state index contributed by atoms with van der Waals surface area (Å²) in [4.78, 5) is 2.71. The van der Waals surface area contributed by atoms with E-state index in [1.54, 1.807) is 0 Å². The van der Waals surface area contributed by atoms with Gasteiger partial charge in [0.1, 0.15) is 0 Å². The maximum atomic E-state index is 6.67. The summed E-state index contributed by atoms with van der Waals surface area (Å²) in [6.45, 7) is 10.4. The first-order valence-electron chi connectivity index (χ1n) is 8.57. The maximum absolute atomic E-state index is 6.67. The first-order valence-corrected chi connectivity index (χ1v) is 8.57. The number of hydrogen-bond donors (Lipinski definition) is 1. The molecule has 0 heterocycles. The molecule has 0 radical (unpaired) electrons. The Morgan fingerprint density at radius 2 is 1.71 bits per heavy atom. The van der Waals surface area contributed by atoms with Crippen LogP contribution in [0.3, 0.4) is 0 Å². The molecule has 0 aromatic heterocycles. The summed E-state index contributed by atoms with van der Waals surface area (Å²) in [6, 6.07) is 11.9. The maximum Gasteiger partial charge on any atom is 0.0455 e. The van der Waals surface area contributed by atoms with Crippen LogP contribution in [-0.2, 0) is 0 Å². The molecule has 0 amide bonds. The summed E-state index contributed by atoms with van der Waals surface area (Å²) in [7, 11) is 0. The highest BCUT2D eigenvalue weighted by Crippen LogP contribution is 2.35. The van der Waals surface area contributed by atoms with Crippen LogP contribution in [0.2, 0.25) is 0 Å². The summed E-state index contributed by atoms with van der Waals surface area (Å²) in [5, 5.41) is 0. The van der Waals surface area contributed by atoms with Crippen molar-refractivity contribution in [1.29, 1.82) is 0 Å². The average molecular weight is 288 g/mol. The highest BCUT2D eigenvalue weighted by molar-refractivity contribution is 5.20. The lowest BCUT2D eigenvalue weighted by atomic mass is 9.89. The van der Waals surface area contributed by atoms with Crippen molar-refractivity contribution in [3.63, 3.8) is 0 Å². The largest absolute Gasteiger partial charge is 0.323 e. The van der Waals surface area contributed by atoms with Gasteiger partial charge in [-0.1, -0.05) is 58.0 Å². The highest BCUT2D eigenvalue weighted by Gasteiger charge is 2.38. The van der Waals surface area contributed by atoms with Crippen molar-refractivity contribution < 1.29 is 0 Å². The van der Waals surface area contributed by atoms with E-state index >= 15 is 0 Å². The minimum absolute atomic E-state index is 0.110. The molecule has 0 saturated heterocycles. The summed E-state index contributed by atoms with van der Waals surface area (Å²) in [6.07, 6.45) is 3.97. The molecule has 118 valence electrons. The van der Waals surface area contributed by atoms with E-state index in [1.165, 1.54) is 31.4 Å². The predicted octanol–water partition coefficient (Wildman–Crippen LogP) is 4.22. The van der Waals surface area contributed by atoms with Crippen molar-refractivity contribution in [3.05, 3.63) is 35.9 Å². The Kier molecular flexibility index (Phi) is 5.83. The molecule has 2 N–H and O–H groups in total. The molecule has 1 aromatic carbocycles. The fraction of sp³-hybridized carbons (Fsp3) is 0.684. The van der Waals surface area contributed by atoms with E-state index in [-0.39, 0.29) is 6.04 Å². The molecular formula is C19H32N2. The minimum Gasteiger partial charge on any atom is -0.323 e. The summed E-state index contributed by atoms with van der Waals surface area (Å²) < 4.78 is 0. The topological polar surface area (TPSA) is 29.3 Å². The van der Waals surface area contributed by atoms with Crippen LogP contribution in [0.5, 0.6) is 0 Å². The molecule has 2 atom stereocenters. The van der Waals surface area contributed by atoms with E-state index in [0.29, 0.717) is 12.0 Å². The van der Waals surface area contributed by atoms with Crippen molar-refractivity contribution in [2.45, 2.75) is 65.1 Å². The van der Waals surface area contributed by atoms with Gasteiger partial charge in [0, 0.05) is 18.1 Å². The van der Waals surface area contributed by atoms with E-state index in [2.05, 4.69) is 62.9 Å². The van der Waals surface area contributed by atoms with Gasteiger partial charge in [-0.05, 0) is 43.2 Å². The van der Waals surface area contributed by atoms with Gasteiger partial charge in [0.2, 0.25) is 0 Å². The molecule has 1 aromatic rings.